The van der Waals surface area contributed by atoms with Crippen molar-refractivity contribution in [1.29, 1.82) is 0 Å². The number of rotatable bonds is 10. The molecule has 0 aliphatic carbocycles. The van der Waals surface area contributed by atoms with E-state index in [9.17, 15) is 24.3 Å². The molecule has 2 unspecified atom stereocenters. The molecule has 3 amide bonds. The fourth-order valence-electron chi connectivity index (χ4n) is 3.26. The Kier molecular flexibility index (Phi) is 8.64. The van der Waals surface area contributed by atoms with Gasteiger partial charge < -0.3 is 25.8 Å². The topological polar surface area (TPSA) is 134 Å². The lowest BCUT2D eigenvalue weighted by atomic mass is 9.97. The molecule has 0 bridgehead atoms. The van der Waals surface area contributed by atoms with Crippen molar-refractivity contribution >= 4 is 23.9 Å². The molecule has 0 aromatic heterocycles. The molecule has 164 valence electrons. The molecule has 3 atom stereocenters. The summed E-state index contributed by atoms with van der Waals surface area (Å²) >= 11 is 0. The summed E-state index contributed by atoms with van der Waals surface area (Å²) in [5.41, 5.74) is 0.804. The Morgan fingerprint density at radius 3 is 2.43 bits per heavy atom. The number of benzene rings is 1. The SMILES string of the molecule is CC(C)CC(NC(=O)OCc1ccccc1)C(=O)NC(C[C@@H]1CCNC1=O)C(=O)O. The second-order valence-corrected chi connectivity index (χ2v) is 7.80. The van der Waals surface area contributed by atoms with Gasteiger partial charge in [-0.1, -0.05) is 44.2 Å². The normalized spacial score (nSPS) is 17.7. The number of hydrogen-bond donors (Lipinski definition) is 4. The first-order chi connectivity index (χ1) is 14.3. The monoisotopic (exact) mass is 419 g/mol. The Bertz CT molecular complexity index is 752. The first-order valence-corrected chi connectivity index (χ1v) is 10.0. The molecule has 9 nitrogen and oxygen atoms in total. The largest absolute Gasteiger partial charge is 0.480 e. The van der Waals surface area contributed by atoms with E-state index < -0.39 is 36.0 Å². The molecule has 0 saturated carbocycles. The van der Waals surface area contributed by atoms with Gasteiger partial charge in [-0.05, 0) is 30.7 Å². The van der Waals surface area contributed by atoms with E-state index in [-0.39, 0.29) is 24.9 Å². The van der Waals surface area contributed by atoms with Crippen LogP contribution in [0.15, 0.2) is 30.3 Å². The maximum absolute atomic E-state index is 12.7. The van der Waals surface area contributed by atoms with Gasteiger partial charge in [-0.25, -0.2) is 9.59 Å². The highest BCUT2D eigenvalue weighted by atomic mass is 16.5. The summed E-state index contributed by atoms with van der Waals surface area (Å²) in [5.74, 6) is -2.45. The van der Waals surface area contributed by atoms with E-state index >= 15 is 0 Å². The molecule has 1 aromatic rings. The fourth-order valence-corrected chi connectivity index (χ4v) is 3.26. The van der Waals surface area contributed by atoms with Gasteiger partial charge in [0.15, 0.2) is 0 Å². The van der Waals surface area contributed by atoms with Crippen LogP contribution in [0.2, 0.25) is 0 Å². The van der Waals surface area contributed by atoms with E-state index in [0.717, 1.165) is 5.56 Å². The van der Waals surface area contributed by atoms with Crippen LogP contribution in [0.3, 0.4) is 0 Å². The lowest BCUT2D eigenvalue weighted by Gasteiger charge is -2.23. The van der Waals surface area contributed by atoms with E-state index in [1.807, 2.05) is 44.2 Å². The molecule has 4 N–H and O–H groups in total. The summed E-state index contributed by atoms with van der Waals surface area (Å²) in [6, 6.07) is 6.94. The van der Waals surface area contributed by atoms with Gasteiger partial charge >= 0.3 is 12.1 Å². The van der Waals surface area contributed by atoms with Crippen molar-refractivity contribution in [3.8, 4) is 0 Å². The van der Waals surface area contributed by atoms with Crippen molar-refractivity contribution in [3.05, 3.63) is 35.9 Å². The van der Waals surface area contributed by atoms with Gasteiger partial charge in [0, 0.05) is 12.5 Å². The fraction of sp³-hybridized carbons (Fsp3) is 0.524. The van der Waals surface area contributed by atoms with E-state index in [1.54, 1.807) is 0 Å². The minimum absolute atomic E-state index is 0.000239. The summed E-state index contributed by atoms with van der Waals surface area (Å²) < 4.78 is 5.17. The minimum Gasteiger partial charge on any atom is -0.480 e. The zero-order valence-electron chi connectivity index (χ0n) is 17.2. The van der Waals surface area contributed by atoms with Crippen molar-refractivity contribution in [1.82, 2.24) is 16.0 Å². The number of ether oxygens (including phenoxy) is 1. The number of carboxylic acid groups (broad SMARTS) is 1. The predicted molar refractivity (Wildman–Crippen MR) is 108 cm³/mol. The number of carbonyl (C=O) groups is 4. The van der Waals surface area contributed by atoms with Crippen molar-refractivity contribution < 1.29 is 29.0 Å². The van der Waals surface area contributed by atoms with Crippen molar-refractivity contribution in [2.24, 2.45) is 11.8 Å². The molecule has 30 heavy (non-hydrogen) atoms. The third-order valence-electron chi connectivity index (χ3n) is 4.83. The minimum atomic E-state index is -1.22. The number of hydrogen-bond acceptors (Lipinski definition) is 5. The number of aliphatic carboxylic acids is 1. The Balaban J connectivity index is 1.95. The second-order valence-electron chi connectivity index (χ2n) is 7.80. The molecule has 0 radical (unpaired) electrons. The zero-order chi connectivity index (χ0) is 22.1. The Labute approximate surface area is 175 Å². The summed E-state index contributed by atoms with van der Waals surface area (Å²) in [6.45, 7) is 4.31. The molecule has 1 heterocycles. The highest BCUT2D eigenvalue weighted by Crippen LogP contribution is 2.17. The molecule has 2 rings (SSSR count). The van der Waals surface area contributed by atoms with E-state index in [4.69, 9.17) is 4.74 Å². The van der Waals surface area contributed by atoms with Crippen LogP contribution in [0.25, 0.3) is 0 Å². The number of nitrogens with one attached hydrogen (secondary N) is 3. The molecular formula is C21H29N3O6. The Morgan fingerprint density at radius 2 is 1.87 bits per heavy atom. The highest BCUT2D eigenvalue weighted by Gasteiger charge is 2.33. The number of carbonyl (C=O) groups excluding carboxylic acids is 3. The van der Waals surface area contributed by atoms with Gasteiger partial charge in [0.1, 0.15) is 18.7 Å². The lowest BCUT2D eigenvalue weighted by Crippen LogP contribution is -2.52. The van der Waals surface area contributed by atoms with Crippen LogP contribution >= 0.6 is 0 Å². The van der Waals surface area contributed by atoms with Gasteiger partial charge in [-0.3, -0.25) is 9.59 Å². The maximum atomic E-state index is 12.7. The van der Waals surface area contributed by atoms with Gasteiger partial charge in [0.2, 0.25) is 11.8 Å². The Morgan fingerprint density at radius 1 is 1.17 bits per heavy atom. The molecule has 1 aliphatic heterocycles. The summed E-state index contributed by atoms with van der Waals surface area (Å²) in [6.07, 6.45) is 0.0713. The van der Waals surface area contributed by atoms with Crippen LogP contribution in [-0.4, -0.2) is 47.6 Å². The van der Waals surface area contributed by atoms with Crippen LogP contribution in [0.4, 0.5) is 4.79 Å². The maximum Gasteiger partial charge on any atom is 0.408 e. The van der Waals surface area contributed by atoms with Crippen LogP contribution < -0.4 is 16.0 Å². The summed E-state index contributed by atoms with van der Waals surface area (Å²) in [7, 11) is 0. The third kappa shape index (κ3) is 7.38. The molecule has 1 aliphatic rings. The molecule has 9 heteroatoms. The first-order valence-electron chi connectivity index (χ1n) is 10.0. The second kappa shape index (κ2) is 11.2. The summed E-state index contributed by atoms with van der Waals surface area (Å²) in [4.78, 5) is 48.2. The van der Waals surface area contributed by atoms with E-state index in [2.05, 4.69) is 16.0 Å². The van der Waals surface area contributed by atoms with Crippen molar-refractivity contribution in [2.45, 2.75) is 51.8 Å². The molecule has 1 aromatic carbocycles. The molecule has 1 saturated heterocycles. The van der Waals surface area contributed by atoms with Crippen LogP contribution in [0.5, 0.6) is 0 Å². The summed E-state index contributed by atoms with van der Waals surface area (Å²) in [5, 5.41) is 17.1. The number of carboxylic acids is 1. The molecule has 1 fully saturated rings. The van der Waals surface area contributed by atoms with Gasteiger partial charge in [-0.15, -0.1) is 0 Å². The number of alkyl carbamates (subject to hydrolysis) is 1. The van der Waals surface area contributed by atoms with Crippen molar-refractivity contribution in [3.63, 3.8) is 0 Å². The lowest BCUT2D eigenvalue weighted by molar-refractivity contribution is -0.143. The molecular weight excluding hydrogens is 390 g/mol. The van der Waals surface area contributed by atoms with Crippen LogP contribution in [0, 0.1) is 11.8 Å². The third-order valence-corrected chi connectivity index (χ3v) is 4.83. The molecule has 0 spiro atoms. The Hall–Kier alpha value is -3.10. The quantitative estimate of drug-likeness (QED) is 0.453. The van der Waals surface area contributed by atoms with Gasteiger partial charge in [0.05, 0.1) is 0 Å². The van der Waals surface area contributed by atoms with E-state index in [1.165, 1.54) is 0 Å². The van der Waals surface area contributed by atoms with E-state index in [0.29, 0.717) is 19.4 Å². The average Bonchev–Trinajstić information content (AvgIpc) is 3.10. The first kappa shape index (κ1) is 23.2. The van der Waals surface area contributed by atoms with Crippen molar-refractivity contribution in [2.75, 3.05) is 6.54 Å². The highest BCUT2D eigenvalue weighted by molar-refractivity contribution is 5.89. The average molecular weight is 419 g/mol. The van der Waals surface area contributed by atoms with Gasteiger partial charge in [-0.2, -0.15) is 0 Å². The number of amides is 3. The van der Waals surface area contributed by atoms with Crippen LogP contribution in [0.1, 0.15) is 38.7 Å². The van der Waals surface area contributed by atoms with Gasteiger partial charge in [0.25, 0.3) is 0 Å². The van der Waals surface area contributed by atoms with Crippen LogP contribution in [-0.2, 0) is 25.7 Å². The predicted octanol–water partition coefficient (Wildman–Crippen LogP) is 1.42. The standard InChI is InChI=1S/C21H29N3O6/c1-13(2)10-16(24-21(29)30-12-14-6-4-3-5-7-14)19(26)23-17(20(27)28)11-15-8-9-22-18(15)25/h3-7,13,15-17H,8-12H2,1-2H3,(H,22,25)(H,23,26)(H,24,29)(H,27,28)/t15-,16?,17?/m0/s1. The smallest absolute Gasteiger partial charge is 0.408 e. The zero-order valence-corrected chi connectivity index (χ0v) is 17.2.